The van der Waals surface area contributed by atoms with Gasteiger partial charge in [-0.05, 0) is 62.2 Å². The Hall–Kier alpha value is -2.39. The fourth-order valence-corrected chi connectivity index (χ4v) is 2.44. The summed E-state index contributed by atoms with van der Waals surface area (Å²) >= 11 is 6.44. The van der Waals surface area contributed by atoms with Gasteiger partial charge in [0, 0.05) is 10.5 Å². The molecule has 7 nitrogen and oxygen atoms in total. The number of esters is 1. The monoisotopic (exact) mass is 484 g/mol. The highest BCUT2D eigenvalue weighted by Gasteiger charge is 2.09. The summed E-state index contributed by atoms with van der Waals surface area (Å²) in [7, 11) is 0. The summed E-state index contributed by atoms with van der Waals surface area (Å²) in [5.74, 6) is -1.23. The van der Waals surface area contributed by atoms with Crippen molar-refractivity contribution in [2.24, 2.45) is 0 Å². The van der Waals surface area contributed by atoms with Crippen LogP contribution in [-0.4, -0.2) is 30.9 Å². The molecule has 0 aliphatic heterocycles. The number of anilines is 1. The average Bonchev–Trinajstić information content (AvgIpc) is 3.03. The lowest BCUT2D eigenvalue weighted by atomic mass is 10.3. The molecule has 1 heterocycles. The number of rotatable bonds is 7. The minimum Gasteiger partial charge on any atom is -0.452 e. The van der Waals surface area contributed by atoms with Gasteiger partial charge in [0.25, 0.3) is 5.91 Å². The minimum absolute atomic E-state index is 0.242. The van der Waals surface area contributed by atoms with Crippen LogP contribution < -0.4 is 10.6 Å². The molecular weight excluding hydrogens is 472 g/mol. The number of benzene rings is 1. The second-order valence-corrected chi connectivity index (χ2v) is 6.52. The van der Waals surface area contributed by atoms with E-state index in [1.165, 1.54) is 6.08 Å². The molecule has 0 saturated heterocycles. The van der Waals surface area contributed by atoms with Crippen molar-refractivity contribution >= 4 is 61.4 Å². The normalized spacial score (nSPS) is 10.5. The Balaban J connectivity index is 1.68. The molecule has 1 aromatic carbocycles. The summed E-state index contributed by atoms with van der Waals surface area (Å²) in [5.41, 5.74) is 0.591. The van der Waals surface area contributed by atoms with Crippen molar-refractivity contribution < 1.29 is 23.5 Å². The molecular formula is C17H14Br2N2O5. The molecule has 136 valence electrons. The van der Waals surface area contributed by atoms with E-state index in [1.807, 2.05) is 6.07 Å². The molecule has 9 heteroatoms. The molecule has 26 heavy (non-hydrogen) atoms. The number of amides is 2. The highest BCUT2D eigenvalue weighted by atomic mass is 79.9. The Morgan fingerprint density at radius 3 is 2.54 bits per heavy atom. The van der Waals surface area contributed by atoms with Crippen molar-refractivity contribution in [3.05, 3.63) is 57.4 Å². The molecule has 0 radical (unpaired) electrons. The van der Waals surface area contributed by atoms with Crippen LogP contribution in [0.5, 0.6) is 0 Å². The number of carbonyl (C=O) groups excluding carboxylic acids is 3. The minimum atomic E-state index is -0.703. The Morgan fingerprint density at radius 1 is 1.08 bits per heavy atom. The maximum Gasteiger partial charge on any atom is 0.331 e. The van der Waals surface area contributed by atoms with Crippen LogP contribution in [0.2, 0.25) is 0 Å². The highest BCUT2D eigenvalue weighted by molar-refractivity contribution is 9.10. The SMILES string of the molecule is O=C(COC(=O)/C=C/c1ccc(Br)o1)NCC(=O)Nc1ccccc1Br. The first-order valence-electron chi connectivity index (χ1n) is 7.35. The molecule has 2 amide bonds. The summed E-state index contributed by atoms with van der Waals surface area (Å²) in [5, 5.41) is 5.00. The van der Waals surface area contributed by atoms with Crippen LogP contribution in [0.25, 0.3) is 6.08 Å². The third-order valence-corrected chi connectivity index (χ3v) is 4.03. The van der Waals surface area contributed by atoms with E-state index in [4.69, 9.17) is 9.15 Å². The molecule has 0 fully saturated rings. The standard InChI is InChI=1S/C17H14Br2N2O5/c18-12-3-1-2-4-13(12)21-15(22)9-20-16(23)10-25-17(24)8-6-11-5-7-14(19)26-11/h1-8H,9-10H2,(H,20,23)(H,21,22)/b8-6+. The fraction of sp³-hybridized carbons (Fsp3) is 0.118. The second-order valence-electron chi connectivity index (χ2n) is 4.89. The summed E-state index contributed by atoms with van der Waals surface area (Å²) in [4.78, 5) is 34.9. The lowest BCUT2D eigenvalue weighted by molar-refractivity contribution is -0.143. The van der Waals surface area contributed by atoms with Gasteiger partial charge in [-0.3, -0.25) is 9.59 Å². The maximum atomic E-state index is 11.8. The van der Waals surface area contributed by atoms with Crippen molar-refractivity contribution in [3.63, 3.8) is 0 Å². The van der Waals surface area contributed by atoms with Gasteiger partial charge in [0.15, 0.2) is 11.3 Å². The third kappa shape index (κ3) is 6.85. The molecule has 1 aromatic heterocycles. The predicted octanol–water partition coefficient (Wildman–Crippen LogP) is 3.12. The molecule has 0 spiro atoms. The lowest BCUT2D eigenvalue weighted by Crippen LogP contribution is -2.35. The van der Waals surface area contributed by atoms with Gasteiger partial charge in [0.1, 0.15) is 5.76 Å². The lowest BCUT2D eigenvalue weighted by Gasteiger charge is -2.08. The summed E-state index contributed by atoms with van der Waals surface area (Å²) in [6, 6.07) is 10.4. The Labute approximate surface area is 166 Å². The van der Waals surface area contributed by atoms with Gasteiger partial charge in [0.2, 0.25) is 5.91 Å². The number of furan rings is 1. The van der Waals surface area contributed by atoms with Gasteiger partial charge in [-0.2, -0.15) is 0 Å². The van der Waals surface area contributed by atoms with Crippen LogP contribution in [0.15, 0.2) is 56.0 Å². The van der Waals surface area contributed by atoms with Gasteiger partial charge in [-0.15, -0.1) is 0 Å². The molecule has 2 rings (SSSR count). The van der Waals surface area contributed by atoms with E-state index >= 15 is 0 Å². The van der Waals surface area contributed by atoms with E-state index in [9.17, 15) is 14.4 Å². The fourth-order valence-electron chi connectivity index (χ4n) is 1.74. The molecule has 0 aliphatic carbocycles. The van der Waals surface area contributed by atoms with Crippen molar-refractivity contribution in [1.29, 1.82) is 0 Å². The van der Waals surface area contributed by atoms with E-state index in [-0.39, 0.29) is 6.54 Å². The molecule has 0 saturated carbocycles. The van der Waals surface area contributed by atoms with Crippen LogP contribution in [0, 0.1) is 0 Å². The number of para-hydroxylation sites is 1. The number of nitrogens with one attached hydrogen (secondary N) is 2. The highest BCUT2D eigenvalue weighted by Crippen LogP contribution is 2.20. The number of ether oxygens (including phenoxy) is 1. The van der Waals surface area contributed by atoms with Crippen molar-refractivity contribution in [2.45, 2.75) is 0 Å². The van der Waals surface area contributed by atoms with Crippen molar-refractivity contribution in [3.8, 4) is 0 Å². The first-order valence-corrected chi connectivity index (χ1v) is 8.94. The number of carbonyl (C=O) groups is 3. The van der Waals surface area contributed by atoms with Gasteiger partial charge >= 0.3 is 5.97 Å². The number of hydrogen-bond acceptors (Lipinski definition) is 5. The maximum absolute atomic E-state index is 11.8. The predicted molar refractivity (Wildman–Crippen MR) is 102 cm³/mol. The van der Waals surface area contributed by atoms with E-state index in [2.05, 4.69) is 42.5 Å². The van der Waals surface area contributed by atoms with Crippen LogP contribution in [-0.2, 0) is 19.1 Å². The summed E-state index contributed by atoms with van der Waals surface area (Å²) in [6.07, 6.45) is 2.55. The van der Waals surface area contributed by atoms with Gasteiger partial charge in [-0.1, -0.05) is 12.1 Å². The topological polar surface area (TPSA) is 97.6 Å². The quantitative estimate of drug-likeness (QED) is 0.463. The smallest absolute Gasteiger partial charge is 0.331 e. The number of halogens is 2. The average molecular weight is 486 g/mol. The van der Waals surface area contributed by atoms with Crippen LogP contribution in [0.3, 0.4) is 0 Å². The van der Waals surface area contributed by atoms with Gasteiger partial charge in [0.05, 0.1) is 12.2 Å². The van der Waals surface area contributed by atoms with Crippen LogP contribution >= 0.6 is 31.9 Å². The zero-order valence-electron chi connectivity index (χ0n) is 13.3. The Kier molecular flexibility index (Phi) is 7.61. The summed E-state index contributed by atoms with van der Waals surface area (Å²) in [6.45, 7) is -0.735. The van der Waals surface area contributed by atoms with Crippen molar-refractivity contribution in [2.75, 3.05) is 18.5 Å². The van der Waals surface area contributed by atoms with E-state index in [0.29, 0.717) is 16.1 Å². The molecule has 0 atom stereocenters. The van der Waals surface area contributed by atoms with E-state index in [1.54, 1.807) is 30.3 Å². The molecule has 0 unspecified atom stereocenters. The number of hydrogen-bond donors (Lipinski definition) is 2. The molecule has 0 aliphatic rings. The third-order valence-electron chi connectivity index (χ3n) is 2.92. The first kappa shape index (κ1) is 19.9. The largest absolute Gasteiger partial charge is 0.452 e. The zero-order chi connectivity index (χ0) is 18.9. The first-order chi connectivity index (χ1) is 12.4. The van der Waals surface area contributed by atoms with E-state index < -0.39 is 24.4 Å². The van der Waals surface area contributed by atoms with Crippen molar-refractivity contribution in [1.82, 2.24) is 5.32 Å². The van der Waals surface area contributed by atoms with Crippen LogP contribution in [0.1, 0.15) is 5.76 Å². The summed E-state index contributed by atoms with van der Waals surface area (Å²) < 4.78 is 11.2. The molecule has 2 N–H and O–H groups in total. The Bertz CT molecular complexity index is 832. The van der Waals surface area contributed by atoms with Gasteiger partial charge < -0.3 is 19.8 Å². The van der Waals surface area contributed by atoms with Gasteiger partial charge in [-0.25, -0.2) is 4.79 Å². The zero-order valence-corrected chi connectivity index (χ0v) is 16.5. The Morgan fingerprint density at radius 2 is 1.85 bits per heavy atom. The molecule has 0 bridgehead atoms. The van der Waals surface area contributed by atoms with Crippen LogP contribution in [0.4, 0.5) is 5.69 Å². The van der Waals surface area contributed by atoms with E-state index in [0.717, 1.165) is 10.5 Å². The second kappa shape index (κ2) is 9.93. The molecule has 2 aromatic rings.